The summed E-state index contributed by atoms with van der Waals surface area (Å²) in [6, 6.07) is 8.75. The SMILES string of the molecule is CCOc1ccc(C(F)(F)F)cc1NC(=O)CCNc1ccccc1[N+](=O)[O-]. The summed E-state index contributed by atoms with van der Waals surface area (Å²) < 4.78 is 43.9. The number of benzene rings is 2. The minimum absolute atomic E-state index is 0.0552. The number of nitrogens with zero attached hydrogens (tertiary/aromatic N) is 1. The molecule has 0 aliphatic heterocycles. The molecule has 0 aromatic heterocycles. The summed E-state index contributed by atoms with van der Waals surface area (Å²) >= 11 is 0. The van der Waals surface area contributed by atoms with Crippen molar-refractivity contribution < 1.29 is 27.6 Å². The van der Waals surface area contributed by atoms with Crippen LogP contribution in [0.15, 0.2) is 42.5 Å². The number of alkyl halides is 3. The van der Waals surface area contributed by atoms with Gasteiger partial charge >= 0.3 is 6.18 Å². The molecule has 1 amide bonds. The molecule has 0 unspecified atom stereocenters. The number of hydrogen-bond donors (Lipinski definition) is 2. The van der Waals surface area contributed by atoms with Crippen molar-refractivity contribution in [3.05, 3.63) is 58.1 Å². The molecular formula is C18H18F3N3O4. The molecule has 2 aromatic carbocycles. The Morgan fingerprint density at radius 1 is 1.18 bits per heavy atom. The lowest BCUT2D eigenvalue weighted by Gasteiger charge is -2.15. The van der Waals surface area contributed by atoms with Crippen molar-refractivity contribution in [2.24, 2.45) is 0 Å². The Morgan fingerprint density at radius 2 is 1.89 bits per heavy atom. The Hall–Kier alpha value is -3.30. The van der Waals surface area contributed by atoms with Crippen molar-refractivity contribution in [1.29, 1.82) is 0 Å². The number of nitro benzene ring substituents is 1. The van der Waals surface area contributed by atoms with Gasteiger partial charge in [0.2, 0.25) is 5.91 Å². The summed E-state index contributed by atoms with van der Waals surface area (Å²) in [5, 5.41) is 16.1. The topological polar surface area (TPSA) is 93.5 Å². The molecule has 0 radical (unpaired) electrons. The first-order valence-electron chi connectivity index (χ1n) is 8.33. The highest BCUT2D eigenvalue weighted by Gasteiger charge is 2.31. The van der Waals surface area contributed by atoms with Crippen LogP contribution in [-0.4, -0.2) is 24.0 Å². The van der Waals surface area contributed by atoms with Crippen molar-refractivity contribution >= 4 is 23.0 Å². The largest absolute Gasteiger partial charge is 0.492 e. The molecule has 0 saturated heterocycles. The van der Waals surface area contributed by atoms with Crippen LogP contribution >= 0.6 is 0 Å². The average molecular weight is 397 g/mol. The summed E-state index contributed by atoms with van der Waals surface area (Å²) in [4.78, 5) is 22.5. The van der Waals surface area contributed by atoms with E-state index in [2.05, 4.69) is 10.6 Å². The maximum atomic E-state index is 12.9. The van der Waals surface area contributed by atoms with E-state index in [1.54, 1.807) is 13.0 Å². The minimum Gasteiger partial charge on any atom is -0.492 e. The first-order valence-corrected chi connectivity index (χ1v) is 8.33. The molecule has 10 heteroatoms. The van der Waals surface area contributed by atoms with Gasteiger partial charge in [-0.3, -0.25) is 14.9 Å². The summed E-state index contributed by atoms with van der Waals surface area (Å²) in [7, 11) is 0. The lowest BCUT2D eigenvalue weighted by Crippen LogP contribution is -2.18. The fourth-order valence-electron chi connectivity index (χ4n) is 2.39. The number of carbonyl (C=O) groups excluding carboxylic acids is 1. The quantitative estimate of drug-likeness (QED) is 0.507. The highest BCUT2D eigenvalue weighted by Crippen LogP contribution is 2.35. The molecule has 0 aliphatic rings. The number of nitrogens with one attached hydrogen (secondary N) is 2. The molecule has 2 aromatic rings. The predicted molar refractivity (Wildman–Crippen MR) is 97.4 cm³/mol. The lowest BCUT2D eigenvalue weighted by molar-refractivity contribution is -0.384. The van der Waals surface area contributed by atoms with Crippen LogP contribution in [0.3, 0.4) is 0 Å². The third-order valence-electron chi connectivity index (χ3n) is 3.65. The Balaban J connectivity index is 2.03. The zero-order valence-corrected chi connectivity index (χ0v) is 14.9. The number of rotatable bonds is 8. The number of ether oxygens (including phenoxy) is 1. The summed E-state index contributed by atoms with van der Waals surface area (Å²) in [6.07, 6.45) is -4.67. The molecule has 7 nitrogen and oxygen atoms in total. The smallest absolute Gasteiger partial charge is 0.416 e. The van der Waals surface area contributed by atoms with E-state index in [1.165, 1.54) is 18.2 Å². The van der Waals surface area contributed by atoms with Gasteiger partial charge in [-0.25, -0.2) is 0 Å². The van der Waals surface area contributed by atoms with Crippen molar-refractivity contribution in [3.63, 3.8) is 0 Å². The Morgan fingerprint density at radius 3 is 2.54 bits per heavy atom. The fraction of sp³-hybridized carbons (Fsp3) is 0.278. The van der Waals surface area contributed by atoms with Gasteiger partial charge in [-0.2, -0.15) is 13.2 Å². The molecule has 0 saturated carbocycles. The number of carbonyl (C=O) groups is 1. The maximum Gasteiger partial charge on any atom is 0.416 e. The Kier molecular flexibility index (Phi) is 6.80. The summed E-state index contributed by atoms with van der Waals surface area (Å²) in [6.45, 7) is 1.94. The third-order valence-corrected chi connectivity index (χ3v) is 3.65. The highest BCUT2D eigenvalue weighted by molar-refractivity contribution is 5.92. The van der Waals surface area contributed by atoms with Gasteiger partial charge in [-0.15, -0.1) is 0 Å². The number of amides is 1. The highest BCUT2D eigenvalue weighted by atomic mass is 19.4. The van der Waals surface area contributed by atoms with E-state index in [1.807, 2.05) is 0 Å². The van der Waals surface area contributed by atoms with Gasteiger partial charge in [0, 0.05) is 19.0 Å². The monoisotopic (exact) mass is 397 g/mol. The second kappa shape index (κ2) is 9.07. The molecule has 2 rings (SSSR count). The predicted octanol–water partition coefficient (Wildman–Crippen LogP) is 4.45. The van der Waals surface area contributed by atoms with E-state index in [4.69, 9.17) is 4.74 Å². The maximum absolute atomic E-state index is 12.9. The lowest BCUT2D eigenvalue weighted by atomic mass is 10.1. The first kappa shape index (κ1) is 21.0. The first-order chi connectivity index (χ1) is 13.2. The van der Waals surface area contributed by atoms with Crippen molar-refractivity contribution in [2.75, 3.05) is 23.8 Å². The zero-order valence-electron chi connectivity index (χ0n) is 14.9. The van der Waals surface area contributed by atoms with Gasteiger partial charge in [-0.1, -0.05) is 12.1 Å². The van der Waals surface area contributed by atoms with Crippen molar-refractivity contribution in [1.82, 2.24) is 0 Å². The van der Waals surface area contributed by atoms with E-state index in [0.717, 1.165) is 18.2 Å². The molecule has 0 bridgehead atoms. The van der Waals surface area contributed by atoms with E-state index in [0.29, 0.717) is 0 Å². The normalized spacial score (nSPS) is 11.0. The van der Waals surface area contributed by atoms with Gasteiger partial charge in [0.05, 0.1) is 22.8 Å². The van der Waals surface area contributed by atoms with Gasteiger partial charge in [0.25, 0.3) is 5.69 Å². The Labute approximate surface area is 158 Å². The van der Waals surface area contributed by atoms with E-state index in [-0.39, 0.29) is 42.4 Å². The number of para-hydroxylation sites is 2. The van der Waals surface area contributed by atoms with Crippen LogP contribution in [-0.2, 0) is 11.0 Å². The van der Waals surface area contributed by atoms with Crippen LogP contribution in [0.25, 0.3) is 0 Å². The van der Waals surface area contributed by atoms with Crippen LogP contribution in [0.5, 0.6) is 5.75 Å². The molecule has 0 aliphatic carbocycles. The summed E-state index contributed by atoms with van der Waals surface area (Å²) in [5.41, 5.74) is -0.898. The van der Waals surface area contributed by atoms with Crippen molar-refractivity contribution in [2.45, 2.75) is 19.5 Å². The number of hydrogen-bond acceptors (Lipinski definition) is 5. The standard InChI is InChI=1S/C18H18F3N3O4/c1-2-28-16-8-7-12(18(19,20)21)11-14(16)23-17(25)9-10-22-13-5-3-4-6-15(13)24(26)27/h3-8,11,22H,2,9-10H2,1H3,(H,23,25). The molecule has 0 heterocycles. The molecular weight excluding hydrogens is 379 g/mol. The van der Waals surface area contributed by atoms with Gasteiger partial charge < -0.3 is 15.4 Å². The molecule has 150 valence electrons. The van der Waals surface area contributed by atoms with Crippen LogP contribution in [0, 0.1) is 10.1 Å². The summed E-state index contributed by atoms with van der Waals surface area (Å²) in [5.74, 6) is -0.443. The molecule has 0 fully saturated rings. The van der Waals surface area contributed by atoms with Crippen LogP contribution in [0.4, 0.5) is 30.2 Å². The van der Waals surface area contributed by atoms with Crippen LogP contribution in [0.1, 0.15) is 18.9 Å². The second-order valence-corrected chi connectivity index (χ2v) is 5.64. The minimum atomic E-state index is -4.56. The van der Waals surface area contributed by atoms with Gasteiger partial charge in [0.15, 0.2) is 0 Å². The Bertz CT molecular complexity index is 856. The molecule has 0 atom stereocenters. The van der Waals surface area contributed by atoms with E-state index >= 15 is 0 Å². The second-order valence-electron chi connectivity index (χ2n) is 5.64. The molecule has 2 N–H and O–H groups in total. The molecule has 28 heavy (non-hydrogen) atoms. The average Bonchev–Trinajstić information content (AvgIpc) is 2.62. The van der Waals surface area contributed by atoms with Gasteiger partial charge in [-0.05, 0) is 31.2 Å². The van der Waals surface area contributed by atoms with Crippen LogP contribution in [0.2, 0.25) is 0 Å². The van der Waals surface area contributed by atoms with Gasteiger partial charge in [0.1, 0.15) is 11.4 Å². The van der Waals surface area contributed by atoms with E-state index in [9.17, 15) is 28.1 Å². The number of anilines is 2. The number of halogens is 3. The fourth-order valence-corrected chi connectivity index (χ4v) is 2.39. The third kappa shape index (κ3) is 5.60. The number of nitro groups is 1. The van der Waals surface area contributed by atoms with Crippen molar-refractivity contribution in [3.8, 4) is 5.75 Å². The zero-order chi connectivity index (χ0) is 20.7. The van der Waals surface area contributed by atoms with E-state index < -0.39 is 22.6 Å². The molecule has 0 spiro atoms. The van der Waals surface area contributed by atoms with Crippen LogP contribution < -0.4 is 15.4 Å².